The van der Waals surface area contributed by atoms with Crippen LogP contribution in [0.15, 0.2) is 42.9 Å². The fourth-order valence-corrected chi connectivity index (χ4v) is 2.16. The van der Waals surface area contributed by atoms with Crippen LogP contribution >= 0.6 is 0 Å². The van der Waals surface area contributed by atoms with Crippen LogP contribution in [0.5, 0.6) is 5.75 Å². The van der Waals surface area contributed by atoms with Gasteiger partial charge < -0.3 is 14.8 Å². The van der Waals surface area contributed by atoms with Gasteiger partial charge in [-0.15, -0.1) is 0 Å². The third-order valence-electron chi connectivity index (χ3n) is 3.35. The second kappa shape index (κ2) is 6.37. The number of imidazole rings is 1. The van der Waals surface area contributed by atoms with Crippen molar-refractivity contribution in [2.45, 2.75) is 0 Å². The third kappa shape index (κ3) is 2.89. The van der Waals surface area contributed by atoms with Gasteiger partial charge in [0.2, 0.25) is 5.78 Å². The summed E-state index contributed by atoms with van der Waals surface area (Å²) in [5, 5.41) is 2.66. The van der Waals surface area contributed by atoms with Gasteiger partial charge in [-0.3, -0.25) is 9.20 Å². The minimum atomic E-state index is -0.583. The van der Waals surface area contributed by atoms with Crippen LogP contribution in [0, 0.1) is 0 Å². The number of methoxy groups -OCH3 is 2. The Hall–Kier alpha value is -3.42. The number of benzene rings is 1. The summed E-state index contributed by atoms with van der Waals surface area (Å²) in [5.41, 5.74) is 0.671. The van der Waals surface area contributed by atoms with E-state index in [1.807, 2.05) is 0 Å². The van der Waals surface area contributed by atoms with Crippen molar-refractivity contribution < 1.29 is 19.1 Å². The molecular formula is C16H14N4O4. The first-order valence-electron chi connectivity index (χ1n) is 7.00. The van der Waals surface area contributed by atoms with Gasteiger partial charge >= 0.3 is 5.97 Å². The normalized spacial score (nSPS) is 10.4. The van der Waals surface area contributed by atoms with Crippen molar-refractivity contribution in [3.8, 4) is 5.75 Å². The first-order valence-corrected chi connectivity index (χ1v) is 7.00. The summed E-state index contributed by atoms with van der Waals surface area (Å²) in [4.78, 5) is 32.5. The van der Waals surface area contributed by atoms with Gasteiger partial charge in [0.05, 0.1) is 25.5 Å². The summed E-state index contributed by atoms with van der Waals surface area (Å²) in [6.45, 7) is 0. The van der Waals surface area contributed by atoms with Gasteiger partial charge in [-0.2, -0.15) is 0 Å². The molecule has 0 fully saturated rings. The van der Waals surface area contributed by atoms with Gasteiger partial charge in [-0.25, -0.2) is 14.8 Å². The molecule has 0 spiro atoms. The summed E-state index contributed by atoms with van der Waals surface area (Å²) in [6, 6.07) is 6.42. The molecule has 122 valence electrons. The van der Waals surface area contributed by atoms with E-state index >= 15 is 0 Å². The number of esters is 1. The summed E-state index contributed by atoms with van der Waals surface area (Å²) in [5.74, 6) is -0.160. The minimum absolute atomic E-state index is 0.181. The van der Waals surface area contributed by atoms with Crippen LogP contribution < -0.4 is 10.1 Å². The Morgan fingerprint density at radius 2 is 2.08 bits per heavy atom. The molecule has 0 aliphatic rings. The molecule has 2 aromatic heterocycles. The Bertz CT molecular complexity index is 886. The number of nitrogens with one attached hydrogen (secondary N) is 1. The molecule has 0 aliphatic heterocycles. The fraction of sp³-hybridized carbons (Fsp3) is 0.125. The Morgan fingerprint density at radius 1 is 1.25 bits per heavy atom. The second-order valence-electron chi connectivity index (χ2n) is 4.81. The van der Waals surface area contributed by atoms with E-state index in [1.165, 1.54) is 20.3 Å². The van der Waals surface area contributed by atoms with E-state index in [0.29, 0.717) is 17.2 Å². The van der Waals surface area contributed by atoms with Gasteiger partial charge in [0.15, 0.2) is 0 Å². The third-order valence-corrected chi connectivity index (χ3v) is 3.35. The van der Waals surface area contributed by atoms with E-state index in [4.69, 9.17) is 9.47 Å². The van der Waals surface area contributed by atoms with Gasteiger partial charge in [0, 0.05) is 18.6 Å². The molecule has 2 heterocycles. The first-order chi connectivity index (χ1) is 11.6. The molecule has 24 heavy (non-hydrogen) atoms. The van der Waals surface area contributed by atoms with E-state index < -0.39 is 11.9 Å². The summed E-state index contributed by atoms with van der Waals surface area (Å²) < 4.78 is 11.5. The average molecular weight is 326 g/mol. The Labute approximate surface area is 137 Å². The van der Waals surface area contributed by atoms with Crippen LogP contribution in [0.25, 0.3) is 5.78 Å². The Balaban J connectivity index is 1.92. The van der Waals surface area contributed by atoms with Gasteiger partial charge in [0.1, 0.15) is 11.4 Å². The molecule has 0 saturated carbocycles. The summed E-state index contributed by atoms with van der Waals surface area (Å²) in [6.07, 6.45) is 4.88. The Morgan fingerprint density at radius 3 is 2.79 bits per heavy atom. The van der Waals surface area contributed by atoms with Gasteiger partial charge in [-0.1, -0.05) is 0 Å². The standard InChI is InChI=1S/C16H14N4O4/c1-23-10-4-5-12(11(8-10)15(22)24-2)18-14(21)13-9-20-7-3-6-17-16(20)19-13/h3-9H,1-2H3,(H,18,21). The van der Waals surface area contributed by atoms with Crippen LogP contribution in [0.2, 0.25) is 0 Å². The lowest BCUT2D eigenvalue weighted by atomic mass is 10.1. The molecule has 3 aromatic rings. The predicted molar refractivity (Wildman–Crippen MR) is 85.3 cm³/mol. The molecule has 0 radical (unpaired) electrons. The highest BCUT2D eigenvalue weighted by atomic mass is 16.5. The van der Waals surface area contributed by atoms with E-state index in [0.717, 1.165) is 0 Å². The number of ether oxygens (including phenoxy) is 2. The van der Waals surface area contributed by atoms with E-state index in [2.05, 4.69) is 15.3 Å². The van der Waals surface area contributed by atoms with Crippen molar-refractivity contribution in [3.63, 3.8) is 0 Å². The molecule has 0 saturated heterocycles. The molecule has 1 aromatic carbocycles. The number of carbonyl (C=O) groups is 2. The summed E-state index contributed by atoms with van der Waals surface area (Å²) in [7, 11) is 2.75. The number of nitrogens with zero attached hydrogens (tertiary/aromatic N) is 3. The van der Waals surface area contributed by atoms with Crippen molar-refractivity contribution in [1.29, 1.82) is 0 Å². The van der Waals surface area contributed by atoms with Gasteiger partial charge in [0.25, 0.3) is 5.91 Å². The van der Waals surface area contributed by atoms with Crippen molar-refractivity contribution in [2.24, 2.45) is 0 Å². The minimum Gasteiger partial charge on any atom is -0.497 e. The summed E-state index contributed by atoms with van der Waals surface area (Å²) >= 11 is 0. The lowest BCUT2D eigenvalue weighted by Crippen LogP contribution is -2.16. The molecule has 1 amide bonds. The fourth-order valence-electron chi connectivity index (χ4n) is 2.16. The molecule has 0 bridgehead atoms. The number of hydrogen-bond donors (Lipinski definition) is 1. The number of fused-ring (bicyclic) bond motifs is 1. The monoisotopic (exact) mass is 326 g/mol. The van der Waals surface area contributed by atoms with Crippen LogP contribution in [-0.2, 0) is 4.74 Å². The highest BCUT2D eigenvalue weighted by Crippen LogP contribution is 2.23. The van der Waals surface area contributed by atoms with Crippen molar-refractivity contribution in [1.82, 2.24) is 14.4 Å². The highest BCUT2D eigenvalue weighted by Gasteiger charge is 2.18. The van der Waals surface area contributed by atoms with E-state index in [-0.39, 0.29) is 11.3 Å². The lowest BCUT2D eigenvalue weighted by molar-refractivity contribution is 0.0601. The zero-order chi connectivity index (χ0) is 17.1. The number of amides is 1. The topological polar surface area (TPSA) is 94.8 Å². The Kier molecular flexibility index (Phi) is 4.11. The zero-order valence-corrected chi connectivity index (χ0v) is 13.0. The number of rotatable bonds is 4. The molecule has 0 atom stereocenters. The zero-order valence-electron chi connectivity index (χ0n) is 13.0. The number of anilines is 1. The first kappa shape index (κ1) is 15.5. The largest absolute Gasteiger partial charge is 0.497 e. The average Bonchev–Trinajstić information content (AvgIpc) is 3.05. The highest BCUT2D eigenvalue weighted by molar-refractivity contribution is 6.07. The number of hydrogen-bond acceptors (Lipinski definition) is 6. The maximum absolute atomic E-state index is 12.4. The van der Waals surface area contributed by atoms with Crippen LogP contribution in [-0.4, -0.2) is 40.5 Å². The molecular weight excluding hydrogens is 312 g/mol. The van der Waals surface area contributed by atoms with Crippen LogP contribution in [0.4, 0.5) is 5.69 Å². The molecule has 8 nitrogen and oxygen atoms in total. The maximum atomic E-state index is 12.4. The van der Waals surface area contributed by atoms with Crippen molar-refractivity contribution >= 4 is 23.3 Å². The second-order valence-corrected chi connectivity index (χ2v) is 4.81. The molecule has 1 N–H and O–H groups in total. The molecule has 3 rings (SSSR count). The van der Waals surface area contributed by atoms with Gasteiger partial charge in [-0.05, 0) is 24.3 Å². The quantitative estimate of drug-likeness (QED) is 0.734. The van der Waals surface area contributed by atoms with Crippen molar-refractivity contribution in [2.75, 3.05) is 19.5 Å². The lowest BCUT2D eigenvalue weighted by Gasteiger charge is -2.10. The number of aromatic nitrogens is 3. The molecule has 0 unspecified atom stereocenters. The number of carbonyl (C=O) groups excluding carboxylic acids is 2. The molecule has 0 aliphatic carbocycles. The van der Waals surface area contributed by atoms with Crippen molar-refractivity contribution in [3.05, 3.63) is 54.1 Å². The predicted octanol–water partition coefficient (Wildman–Crippen LogP) is 1.78. The van der Waals surface area contributed by atoms with E-state index in [1.54, 1.807) is 41.2 Å². The molecule has 8 heteroatoms. The van der Waals surface area contributed by atoms with E-state index in [9.17, 15) is 9.59 Å². The van der Waals surface area contributed by atoms with Crippen LogP contribution in [0.3, 0.4) is 0 Å². The smallest absolute Gasteiger partial charge is 0.340 e. The van der Waals surface area contributed by atoms with Crippen LogP contribution in [0.1, 0.15) is 20.8 Å². The SMILES string of the molecule is COC(=O)c1cc(OC)ccc1NC(=O)c1cn2cccnc2n1. The maximum Gasteiger partial charge on any atom is 0.340 e.